The summed E-state index contributed by atoms with van der Waals surface area (Å²) in [6.45, 7) is 2.04. The molecular weight excluding hydrogens is 415 g/mol. The molecule has 5 rings (SSSR count). The van der Waals surface area contributed by atoms with Gasteiger partial charge in [-0.3, -0.25) is 9.89 Å². The van der Waals surface area contributed by atoms with Gasteiger partial charge in [-0.15, -0.1) is 5.10 Å². The van der Waals surface area contributed by atoms with Crippen LogP contribution >= 0.6 is 0 Å². The summed E-state index contributed by atoms with van der Waals surface area (Å²) in [6, 6.07) is 11.0. The first-order valence-electron chi connectivity index (χ1n) is 10.2. The van der Waals surface area contributed by atoms with Gasteiger partial charge >= 0.3 is 6.09 Å². The summed E-state index contributed by atoms with van der Waals surface area (Å²) in [5.74, 6) is -0.237. The fourth-order valence-electron chi connectivity index (χ4n) is 4.50. The number of likely N-dealkylation sites (tertiary alicyclic amines) is 2. The number of hydrogen-bond donors (Lipinski definition) is 1. The van der Waals surface area contributed by atoms with E-state index in [-0.39, 0.29) is 29.9 Å². The minimum Gasteiger partial charge on any atom is -0.445 e. The van der Waals surface area contributed by atoms with Crippen LogP contribution in [0.3, 0.4) is 0 Å². The van der Waals surface area contributed by atoms with Crippen LogP contribution in [0.4, 0.5) is 9.18 Å². The molecule has 2 aliphatic heterocycles. The maximum Gasteiger partial charge on any atom is 0.410 e. The number of hydrogen-bond acceptors (Lipinski definition) is 6. The first-order chi connectivity index (χ1) is 15.5. The average Bonchev–Trinajstić information content (AvgIpc) is 3.50. The molecule has 9 nitrogen and oxygen atoms in total. The van der Waals surface area contributed by atoms with Crippen LogP contribution in [0.1, 0.15) is 21.5 Å². The van der Waals surface area contributed by atoms with E-state index in [9.17, 15) is 14.0 Å². The van der Waals surface area contributed by atoms with E-state index in [4.69, 9.17) is 10.00 Å². The molecule has 3 aromatic rings. The van der Waals surface area contributed by atoms with Crippen molar-refractivity contribution >= 4 is 23.0 Å². The number of amides is 2. The number of rotatable bonds is 3. The van der Waals surface area contributed by atoms with Gasteiger partial charge in [-0.25, -0.2) is 9.18 Å². The van der Waals surface area contributed by atoms with Gasteiger partial charge in [0.1, 0.15) is 17.9 Å². The van der Waals surface area contributed by atoms with Gasteiger partial charge < -0.3 is 14.5 Å². The number of H-pyrrole nitrogens is 1. The average molecular weight is 434 g/mol. The Morgan fingerprint density at radius 3 is 2.62 bits per heavy atom. The normalized spacial score (nSPS) is 19.8. The zero-order chi connectivity index (χ0) is 22.2. The fourth-order valence-corrected chi connectivity index (χ4v) is 4.50. The van der Waals surface area contributed by atoms with Crippen molar-refractivity contribution < 1.29 is 18.7 Å². The highest BCUT2D eigenvalue weighted by atomic mass is 19.1. The Morgan fingerprint density at radius 2 is 1.88 bits per heavy atom. The molecular formula is C22H19FN6O3. The van der Waals surface area contributed by atoms with Crippen LogP contribution in [0, 0.1) is 29.0 Å². The largest absolute Gasteiger partial charge is 0.445 e. The Kier molecular flexibility index (Phi) is 4.93. The summed E-state index contributed by atoms with van der Waals surface area (Å²) in [4.78, 5) is 28.8. The number of ether oxygens (including phenoxy) is 1. The van der Waals surface area contributed by atoms with Crippen molar-refractivity contribution in [2.75, 3.05) is 26.2 Å². The lowest BCUT2D eigenvalue weighted by atomic mass is 10.0. The van der Waals surface area contributed by atoms with Gasteiger partial charge in [0.05, 0.1) is 17.1 Å². The molecule has 2 aromatic carbocycles. The van der Waals surface area contributed by atoms with Crippen LogP contribution in [-0.2, 0) is 11.3 Å². The summed E-state index contributed by atoms with van der Waals surface area (Å²) in [5.41, 5.74) is 2.59. The predicted molar refractivity (Wildman–Crippen MR) is 110 cm³/mol. The molecule has 2 aliphatic rings. The van der Waals surface area contributed by atoms with Gasteiger partial charge in [-0.05, 0) is 42.0 Å². The number of nitrogens with one attached hydrogen (secondary N) is 1. The third-order valence-electron chi connectivity index (χ3n) is 6.05. The number of nitriles is 1. The van der Waals surface area contributed by atoms with Gasteiger partial charge in [0.25, 0.3) is 5.91 Å². The molecule has 2 fully saturated rings. The number of carbonyl (C=O) groups excluding carboxylic acids is 2. The molecule has 1 aromatic heterocycles. The zero-order valence-electron chi connectivity index (χ0n) is 17.0. The van der Waals surface area contributed by atoms with Crippen LogP contribution in [0.25, 0.3) is 11.0 Å². The molecule has 2 saturated heterocycles. The summed E-state index contributed by atoms with van der Waals surface area (Å²) in [6.07, 6.45) is -0.475. The van der Waals surface area contributed by atoms with Crippen molar-refractivity contribution in [2.45, 2.75) is 6.61 Å². The maximum absolute atomic E-state index is 13.5. The lowest BCUT2D eigenvalue weighted by Crippen LogP contribution is -2.35. The Balaban J connectivity index is 1.16. The van der Waals surface area contributed by atoms with E-state index in [2.05, 4.69) is 15.4 Å². The molecule has 0 spiro atoms. The van der Waals surface area contributed by atoms with E-state index in [0.29, 0.717) is 42.8 Å². The lowest BCUT2D eigenvalue weighted by molar-refractivity contribution is 0.0764. The van der Waals surface area contributed by atoms with Gasteiger partial charge in [0.2, 0.25) is 0 Å². The topological polar surface area (TPSA) is 115 Å². The van der Waals surface area contributed by atoms with Crippen LogP contribution in [0.2, 0.25) is 0 Å². The van der Waals surface area contributed by atoms with Crippen molar-refractivity contribution in [2.24, 2.45) is 11.8 Å². The molecule has 32 heavy (non-hydrogen) atoms. The Hall–Kier alpha value is -4.00. The molecule has 0 saturated carbocycles. The van der Waals surface area contributed by atoms with Crippen molar-refractivity contribution in [3.63, 3.8) is 0 Å². The number of fused-ring (bicyclic) bond motifs is 2. The van der Waals surface area contributed by atoms with E-state index in [1.807, 2.05) is 11.0 Å². The van der Waals surface area contributed by atoms with Crippen LogP contribution < -0.4 is 0 Å². The second-order valence-electron chi connectivity index (χ2n) is 8.19. The Morgan fingerprint density at radius 1 is 1.12 bits per heavy atom. The quantitative estimate of drug-likeness (QED) is 0.676. The highest BCUT2D eigenvalue weighted by Crippen LogP contribution is 2.32. The highest BCUT2D eigenvalue weighted by molar-refractivity contribution is 5.97. The van der Waals surface area contributed by atoms with Crippen LogP contribution in [0.5, 0.6) is 0 Å². The minimum absolute atomic E-state index is 0.0576. The molecule has 0 aliphatic carbocycles. The van der Waals surface area contributed by atoms with E-state index in [1.165, 1.54) is 12.1 Å². The van der Waals surface area contributed by atoms with Gasteiger partial charge in [-0.1, -0.05) is 5.21 Å². The summed E-state index contributed by atoms with van der Waals surface area (Å²) in [7, 11) is 0. The highest BCUT2D eigenvalue weighted by Gasteiger charge is 2.43. The van der Waals surface area contributed by atoms with Gasteiger partial charge in [0, 0.05) is 43.6 Å². The second-order valence-corrected chi connectivity index (χ2v) is 8.19. The summed E-state index contributed by atoms with van der Waals surface area (Å²) >= 11 is 0. The number of aromatic nitrogens is 3. The van der Waals surface area contributed by atoms with Gasteiger partial charge in [-0.2, -0.15) is 5.26 Å². The fraction of sp³-hybridized carbons (Fsp3) is 0.318. The van der Waals surface area contributed by atoms with Gasteiger partial charge in [0.15, 0.2) is 0 Å². The number of benzene rings is 2. The molecule has 0 radical (unpaired) electrons. The van der Waals surface area contributed by atoms with Crippen molar-refractivity contribution in [1.29, 1.82) is 5.26 Å². The first kappa shape index (κ1) is 19.9. The molecule has 1 N–H and O–H groups in total. The maximum atomic E-state index is 13.5. The van der Waals surface area contributed by atoms with E-state index in [0.717, 1.165) is 11.6 Å². The molecule has 162 valence electrons. The first-order valence-corrected chi connectivity index (χ1v) is 10.2. The third kappa shape index (κ3) is 3.73. The van der Waals surface area contributed by atoms with Crippen LogP contribution in [-0.4, -0.2) is 63.4 Å². The Labute approximate surface area is 182 Å². The SMILES string of the molecule is N#Cc1cc(F)cc(COC(=O)N2C[C@@H]3CN(C(=O)c4ccc5[nH]nnc5c4)C[C@@H]3C2)c1. The summed E-state index contributed by atoms with van der Waals surface area (Å²) in [5, 5.41) is 19.4. The van der Waals surface area contributed by atoms with E-state index >= 15 is 0 Å². The van der Waals surface area contributed by atoms with Crippen molar-refractivity contribution in [1.82, 2.24) is 25.2 Å². The van der Waals surface area contributed by atoms with Crippen molar-refractivity contribution in [3.05, 3.63) is 58.9 Å². The predicted octanol–water partition coefficient (Wildman–Crippen LogP) is 2.31. The molecule has 10 heteroatoms. The number of carbonyl (C=O) groups is 2. The molecule has 2 atom stereocenters. The molecule has 0 unspecified atom stereocenters. The third-order valence-corrected chi connectivity index (χ3v) is 6.05. The standard InChI is InChI=1S/C22H19FN6O3/c23-18-4-13(7-24)3-14(5-18)12-32-22(31)29-10-16-8-28(9-17(16)11-29)21(30)15-1-2-19-20(6-15)26-27-25-19/h1-6,16-17H,8-12H2,(H,25,26,27)/t16-,17+. The molecule has 2 amide bonds. The Bertz CT molecular complexity index is 1240. The summed E-state index contributed by atoms with van der Waals surface area (Å²) < 4.78 is 18.9. The number of nitrogens with zero attached hydrogens (tertiary/aromatic N) is 5. The molecule has 0 bridgehead atoms. The number of halogens is 1. The number of aromatic amines is 1. The van der Waals surface area contributed by atoms with Crippen molar-refractivity contribution in [3.8, 4) is 6.07 Å². The van der Waals surface area contributed by atoms with Crippen LogP contribution in [0.15, 0.2) is 36.4 Å². The zero-order valence-corrected chi connectivity index (χ0v) is 17.0. The second kappa shape index (κ2) is 7.92. The monoisotopic (exact) mass is 434 g/mol. The minimum atomic E-state index is -0.543. The van der Waals surface area contributed by atoms with E-state index in [1.54, 1.807) is 23.1 Å². The lowest BCUT2D eigenvalue weighted by Gasteiger charge is -2.21. The van der Waals surface area contributed by atoms with E-state index < -0.39 is 11.9 Å². The smallest absolute Gasteiger partial charge is 0.410 e. The molecule has 3 heterocycles.